The van der Waals surface area contributed by atoms with Crippen LogP contribution in [0.3, 0.4) is 0 Å². The number of benzene rings is 1. The fraction of sp³-hybridized carbons (Fsp3) is 0.750. The van der Waals surface area contributed by atoms with Gasteiger partial charge in [0.2, 0.25) is 0 Å². The molecule has 2 N–H and O–H groups in total. The largest absolute Gasteiger partial charge is 0.385 e. The molecule has 0 aromatic heterocycles. The van der Waals surface area contributed by atoms with Crippen molar-refractivity contribution in [2.75, 3.05) is 45.4 Å². The number of aliphatic hydroxyl groups is 2. The van der Waals surface area contributed by atoms with Crippen LogP contribution in [0.4, 0.5) is 5.69 Å². The third-order valence-corrected chi connectivity index (χ3v) is 13.0. The first-order valence-electron chi connectivity index (χ1n) is 18.2. The SMILES string of the molecule is C[C@H]1C[C@H]2[C@@H]3CC[C@@]4(O)CC5(CCC4=C3[C@@H](c3ccc(N(C)C)cc3)C[C@]2(C)[C@]1(O)C#CCOC1CCCCO1)OCC(C)(C)CO5. The molecule has 258 valence electrons. The van der Waals surface area contributed by atoms with E-state index in [2.05, 4.69) is 82.8 Å². The van der Waals surface area contributed by atoms with Gasteiger partial charge < -0.3 is 34.1 Å². The van der Waals surface area contributed by atoms with Crippen molar-refractivity contribution in [1.82, 2.24) is 0 Å². The van der Waals surface area contributed by atoms with Crippen LogP contribution in [0.5, 0.6) is 0 Å². The molecule has 8 atom stereocenters. The van der Waals surface area contributed by atoms with Gasteiger partial charge >= 0.3 is 0 Å². The molecule has 4 aliphatic carbocycles. The minimum atomic E-state index is -1.13. The van der Waals surface area contributed by atoms with Crippen LogP contribution in [0.25, 0.3) is 0 Å². The maximum atomic E-state index is 12.6. The number of ether oxygens (including phenoxy) is 4. The van der Waals surface area contributed by atoms with Crippen LogP contribution >= 0.6 is 0 Å². The molecule has 2 aliphatic heterocycles. The normalized spacial score (nSPS) is 40.6. The van der Waals surface area contributed by atoms with Crippen molar-refractivity contribution in [2.45, 2.75) is 121 Å². The van der Waals surface area contributed by atoms with Gasteiger partial charge in [-0.3, -0.25) is 0 Å². The van der Waals surface area contributed by atoms with Crippen molar-refractivity contribution < 1.29 is 29.2 Å². The molecule has 5 fully saturated rings. The minimum Gasteiger partial charge on any atom is -0.385 e. The van der Waals surface area contributed by atoms with Crippen LogP contribution in [0.1, 0.15) is 103 Å². The fourth-order valence-corrected chi connectivity index (χ4v) is 10.3. The van der Waals surface area contributed by atoms with E-state index in [1.165, 1.54) is 16.7 Å². The Morgan fingerprint density at radius 2 is 1.74 bits per heavy atom. The summed E-state index contributed by atoms with van der Waals surface area (Å²) in [4.78, 5) is 2.13. The molecular formula is C40H57NO6. The van der Waals surface area contributed by atoms with Crippen molar-refractivity contribution in [3.63, 3.8) is 0 Å². The molecule has 47 heavy (non-hydrogen) atoms. The molecule has 2 saturated heterocycles. The minimum absolute atomic E-state index is 0.0173. The molecule has 1 aromatic rings. The zero-order chi connectivity index (χ0) is 33.2. The Balaban J connectivity index is 1.24. The maximum Gasteiger partial charge on any atom is 0.171 e. The van der Waals surface area contributed by atoms with Crippen LogP contribution in [0.15, 0.2) is 35.4 Å². The highest BCUT2D eigenvalue weighted by Crippen LogP contribution is 2.69. The topological polar surface area (TPSA) is 80.6 Å². The molecule has 7 nitrogen and oxygen atoms in total. The molecule has 0 bridgehead atoms. The molecule has 2 heterocycles. The average Bonchev–Trinajstić information content (AvgIpc) is 3.25. The number of nitrogens with zero attached hydrogens (tertiary/aromatic N) is 1. The Kier molecular flexibility index (Phi) is 8.67. The van der Waals surface area contributed by atoms with Gasteiger partial charge in [-0.2, -0.15) is 0 Å². The first-order chi connectivity index (χ1) is 22.3. The average molecular weight is 648 g/mol. The van der Waals surface area contributed by atoms with Gasteiger partial charge in [0.1, 0.15) is 12.2 Å². The Morgan fingerprint density at radius 1 is 1.00 bits per heavy atom. The third-order valence-electron chi connectivity index (χ3n) is 13.0. The van der Waals surface area contributed by atoms with E-state index in [0.717, 1.165) is 63.7 Å². The molecule has 7 rings (SSSR count). The standard InChI is InChI=1S/C40H57NO6/c1-27-22-33-30-15-18-38(42)24-39(46-25-36(2,3)26-47-39)19-16-32(38)35(30)31(28-11-13-29(14-12-28)41(5)6)23-37(33,4)40(27,43)17-9-21-45-34-10-7-8-20-44-34/h11-14,27,30-31,33-34,42-43H,7-8,10,15-16,18-26H2,1-6H3/t27-,30-,31+,33-,34?,37-,38+,40-/m0/s1. The van der Waals surface area contributed by atoms with Gasteiger partial charge in [0.05, 0.1) is 18.8 Å². The summed E-state index contributed by atoms with van der Waals surface area (Å²) in [7, 11) is 4.14. The predicted octanol–water partition coefficient (Wildman–Crippen LogP) is 6.57. The van der Waals surface area contributed by atoms with E-state index in [1.54, 1.807) is 0 Å². The first kappa shape index (κ1) is 33.6. The quantitative estimate of drug-likeness (QED) is 0.283. The first-order valence-corrected chi connectivity index (χ1v) is 18.2. The molecule has 0 radical (unpaired) electrons. The number of hydrogen-bond donors (Lipinski definition) is 2. The predicted molar refractivity (Wildman–Crippen MR) is 183 cm³/mol. The molecule has 0 amide bonds. The highest BCUT2D eigenvalue weighted by molar-refractivity contribution is 5.50. The smallest absolute Gasteiger partial charge is 0.171 e. The van der Waals surface area contributed by atoms with Gasteiger partial charge in [-0.15, -0.1) is 0 Å². The molecule has 6 aliphatic rings. The summed E-state index contributed by atoms with van der Waals surface area (Å²) in [6, 6.07) is 8.94. The number of rotatable bonds is 4. The van der Waals surface area contributed by atoms with Gasteiger partial charge in [-0.25, -0.2) is 0 Å². The van der Waals surface area contributed by atoms with Crippen molar-refractivity contribution in [3.05, 3.63) is 41.0 Å². The van der Waals surface area contributed by atoms with E-state index >= 15 is 0 Å². The van der Waals surface area contributed by atoms with E-state index in [1.807, 2.05) is 0 Å². The monoisotopic (exact) mass is 647 g/mol. The summed E-state index contributed by atoms with van der Waals surface area (Å²) in [5.41, 5.74) is 2.56. The van der Waals surface area contributed by atoms with Gasteiger partial charge in [-0.1, -0.05) is 57.2 Å². The molecule has 1 spiro atoms. The molecule has 1 aromatic carbocycles. The zero-order valence-electron chi connectivity index (χ0n) is 29.6. The lowest BCUT2D eigenvalue weighted by molar-refractivity contribution is -0.322. The van der Waals surface area contributed by atoms with Crippen LogP contribution in [0.2, 0.25) is 0 Å². The number of fused-ring (bicyclic) bond motifs is 4. The van der Waals surface area contributed by atoms with E-state index in [-0.39, 0.29) is 42.0 Å². The summed E-state index contributed by atoms with van der Waals surface area (Å²) < 4.78 is 24.6. The number of hydrogen-bond acceptors (Lipinski definition) is 7. The van der Waals surface area contributed by atoms with Crippen molar-refractivity contribution in [2.24, 2.45) is 28.6 Å². The zero-order valence-corrected chi connectivity index (χ0v) is 29.6. The van der Waals surface area contributed by atoms with Gasteiger partial charge in [-0.05, 0) is 92.4 Å². The van der Waals surface area contributed by atoms with E-state index in [9.17, 15) is 10.2 Å². The Bertz CT molecular complexity index is 1410. The van der Waals surface area contributed by atoms with Crippen LogP contribution in [-0.4, -0.2) is 74.0 Å². The molecule has 3 saturated carbocycles. The van der Waals surface area contributed by atoms with Gasteiger partial charge in [0, 0.05) is 56.0 Å². The maximum absolute atomic E-state index is 12.6. The number of allylic oxidation sites excluding steroid dienone is 1. The summed E-state index contributed by atoms with van der Waals surface area (Å²) in [6.45, 7) is 11.1. The lowest BCUT2D eigenvalue weighted by Crippen LogP contribution is -2.58. The van der Waals surface area contributed by atoms with E-state index in [0.29, 0.717) is 26.1 Å². The van der Waals surface area contributed by atoms with Crippen molar-refractivity contribution in [3.8, 4) is 11.8 Å². The third kappa shape index (κ3) is 5.79. The van der Waals surface area contributed by atoms with Gasteiger partial charge in [0.25, 0.3) is 0 Å². The lowest BCUT2D eigenvalue weighted by Gasteiger charge is -2.58. The van der Waals surface area contributed by atoms with Gasteiger partial charge in [0.15, 0.2) is 12.1 Å². The fourth-order valence-electron chi connectivity index (χ4n) is 10.3. The Morgan fingerprint density at radius 3 is 2.43 bits per heavy atom. The molecule has 1 unspecified atom stereocenters. The Labute approximate surface area is 282 Å². The molecule has 7 heteroatoms. The summed E-state index contributed by atoms with van der Waals surface area (Å²) in [5.74, 6) is 6.63. The highest BCUT2D eigenvalue weighted by atomic mass is 16.7. The highest BCUT2D eigenvalue weighted by Gasteiger charge is 2.67. The summed E-state index contributed by atoms with van der Waals surface area (Å²) in [6.07, 6.45) is 8.24. The number of anilines is 1. The second kappa shape index (κ2) is 12.1. The Hall–Kier alpha value is -1.92. The summed E-state index contributed by atoms with van der Waals surface area (Å²) >= 11 is 0. The van der Waals surface area contributed by atoms with Crippen molar-refractivity contribution >= 4 is 5.69 Å². The summed E-state index contributed by atoms with van der Waals surface area (Å²) in [5, 5.41) is 25.2. The molecular weight excluding hydrogens is 590 g/mol. The van der Waals surface area contributed by atoms with Crippen molar-refractivity contribution in [1.29, 1.82) is 0 Å². The van der Waals surface area contributed by atoms with E-state index in [4.69, 9.17) is 18.9 Å². The van der Waals surface area contributed by atoms with Crippen LogP contribution in [0, 0.1) is 40.4 Å². The van der Waals surface area contributed by atoms with Crippen LogP contribution in [-0.2, 0) is 18.9 Å². The second-order valence-corrected chi connectivity index (χ2v) is 17.0. The second-order valence-electron chi connectivity index (χ2n) is 17.0. The lowest BCUT2D eigenvalue weighted by atomic mass is 9.49. The van der Waals surface area contributed by atoms with E-state index < -0.39 is 22.4 Å². The van der Waals surface area contributed by atoms with Crippen LogP contribution < -0.4 is 4.90 Å².